The van der Waals surface area contributed by atoms with Crippen LogP contribution in [0.3, 0.4) is 0 Å². The highest BCUT2D eigenvalue weighted by atomic mass is 19.1. The third-order valence-electron chi connectivity index (χ3n) is 3.02. The summed E-state index contributed by atoms with van der Waals surface area (Å²) in [5.74, 6) is -1.14. The van der Waals surface area contributed by atoms with Gasteiger partial charge in [-0.2, -0.15) is 0 Å². The minimum absolute atomic E-state index is 0.0547. The van der Waals surface area contributed by atoms with Crippen LogP contribution in [0.1, 0.15) is 16.8 Å². The summed E-state index contributed by atoms with van der Waals surface area (Å²) in [6.45, 7) is 1.09. The fraction of sp³-hybridized carbons (Fsp3) is 0.417. The van der Waals surface area contributed by atoms with Gasteiger partial charge in [-0.15, -0.1) is 0 Å². The van der Waals surface area contributed by atoms with Gasteiger partial charge in [0.05, 0.1) is 5.56 Å². The van der Waals surface area contributed by atoms with Crippen LogP contribution < -0.4 is 0 Å². The number of carbonyl (C=O) groups excluding carboxylic acids is 1. The number of amides is 1. The monoisotopic (exact) mass is 239 g/mol. The summed E-state index contributed by atoms with van der Waals surface area (Å²) >= 11 is 0. The molecule has 1 heterocycles. The molecule has 0 bridgehead atoms. The van der Waals surface area contributed by atoms with Crippen LogP contribution >= 0.6 is 0 Å². The molecule has 4 nitrogen and oxygen atoms in total. The van der Waals surface area contributed by atoms with E-state index in [0.717, 1.165) is 18.6 Å². The molecule has 1 aromatic carbocycles. The number of benzene rings is 1. The first-order valence-corrected chi connectivity index (χ1v) is 5.50. The second kappa shape index (κ2) is 4.71. The van der Waals surface area contributed by atoms with Gasteiger partial charge in [0.2, 0.25) is 0 Å². The normalized spacial score (nSPS) is 19.6. The number of likely N-dealkylation sites (tertiary alicyclic amines) is 1. The van der Waals surface area contributed by atoms with Crippen LogP contribution in [0.25, 0.3) is 0 Å². The van der Waals surface area contributed by atoms with Crippen molar-refractivity contribution in [3.63, 3.8) is 0 Å². The SMILES string of the molecule is O=C(c1ccc(F)cc1O)N1CCC(CO)C1. The molecule has 1 saturated heterocycles. The predicted octanol–water partition coefficient (Wildman–Crippen LogP) is 0.986. The summed E-state index contributed by atoms with van der Waals surface area (Å²) in [4.78, 5) is 13.6. The molecule has 5 heteroatoms. The van der Waals surface area contributed by atoms with Gasteiger partial charge in [0, 0.05) is 31.7 Å². The average Bonchev–Trinajstić information content (AvgIpc) is 2.76. The van der Waals surface area contributed by atoms with Crippen molar-refractivity contribution in [3.05, 3.63) is 29.6 Å². The van der Waals surface area contributed by atoms with Gasteiger partial charge in [0.1, 0.15) is 11.6 Å². The molecular weight excluding hydrogens is 225 g/mol. The van der Waals surface area contributed by atoms with E-state index in [1.807, 2.05) is 0 Å². The minimum atomic E-state index is -0.575. The molecule has 0 spiro atoms. The van der Waals surface area contributed by atoms with Gasteiger partial charge in [0.25, 0.3) is 5.91 Å². The Morgan fingerprint density at radius 2 is 2.29 bits per heavy atom. The van der Waals surface area contributed by atoms with Gasteiger partial charge >= 0.3 is 0 Å². The lowest BCUT2D eigenvalue weighted by molar-refractivity contribution is 0.0779. The van der Waals surface area contributed by atoms with Crippen molar-refractivity contribution in [2.24, 2.45) is 5.92 Å². The number of aromatic hydroxyl groups is 1. The molecule has 1 unspecified atom stereocenters. The number of halogens is 1. The van der Waals surface area contributed by atoms with E-state index in [-0.39, 0.29) is 29.7 Å². The average molecular weight is 239 g/mol. The lowest BCUT2D eigenvalue weighted by atomic mass is 10.1. The second-order valence-corrected chi connectivity index (χ2v) is 4.25. The molecule has 92 valence electrons. The van der Waals surface area contributed by atoms with Crippen molar-refractivity contribution < 1.29 is 19.4 Å². The Balaban J connectivity index is 2.15. The van der Waals surface area contributed by atoms with E-state index in [9.17, 15) is 14.3 Å². The minimum Gasteiger partial charge on any atom is -0.507 e. The lowest BCUT2D eigenvalue weighted by Crippen LogP contribution is -2.29. The van der Waals surface area contributed by atoms with Crippen molar-refractivity contribution in [3.8, 4) is 5.75 Å². The first-order chi connectivity index (χ1) is 8.11. The van der Waals surface area contributed by atoms with Crippen molar-refractivity contribution >= 4 is 5.91 Å². The highest BCUT2D eigenvalue weighted by Gasteiger charge is 2.27. The van der Waals surface area contributed by atoms with Crippen molar-refractivity contribution in [1.29, 1.82) is 0 Å². The number of nitrogens with zero attached hydrogens (tertiary/aromatic N) is 1. The quantitative estimate of drug-likeness (QED) is 0.809. The fourth-order valence-electron chi connectivity index (χ4n) is 2.02. The van der Waals surface area contributed by atoms with Crippen LogP contribution in [0.5, 0.6) is 5.75 Å². The van der Waals surface area contributed by atoms with Gasteiger partial charge in [-0.05, 0) is 18.6 Å². The Morgan fingerprint density at radius 1 is 1.53 bits per heavy atom. The van der Waals surface area contributed by atoms with Gasteiger partial charge < -0.3 is 15.1 Å². The largest absolute Gasteiger partial charge is 0.507 e. The summed E-state index contributed by atoms with van der Waals surface area (Å²) in [6, 6.07) is 3.35. The predicted molar refractivity (Wildman–Crippen MR) is 59.2 cm³/mol. The highest BCUT2D eigenvalue weighted by molar-refractivity contribution is 5.96. The molecule has 2 N–H and O–H groups in total. The Kier molecular flexibility index (Phi) is 3.28. The van der Waals surface area contributed by atoms with Gasteiger partial charge in [-0.1, -0.05) is 0 Å². The van der Waals surface area contributed by atoms with Crippen molar-refractivity contribution in [2.45, 2.75) is 6.42 Å². The van der Waals surface area contributed by atoms with E-state index in [2.05, 4.69) is 0 Å². The first kappa shape index (κ1) is 11.9. The van der Waals surface area contributed by atoms with E-state index < -0.39 is 5.82 Å². The maximum atomic E-state index is 12.8. The summed E-state index contributed by atoms with van der Waals surface area (Å²) in [5.41, 5.74) is 0.102. The number of aliphatic hydroxyl groups is 1. The number of aliphatic hydroxyl groups excluding tert-OH is 1. The number of hydrogen-bond donors (Lipinski definition) is 2. The number of rotatable bonds is 2. The van der Waals surface area contributed by atoms with Gasteiger partial charge in [0.15, 0.2) is 0 Å². The maximum Gasteiger partial charge on any atom is 0.257 e. The summed E-state index contributed by atoms with van der Waals surface area (Å²) in [5, 5.41) is 18.5. The molecule has 2 rings (SSSR count). The van der Waals surface area contributed by atoms with E-state index in [1.165, 1.54) is 6.07 Å². The molecule has 17 heavy (non-hydrogen) atoms. The van der Waals surface area contributed by atoms with Crippen LogP contribution in [-0.4, -0.2) is 40.7 Å². The standard InChI is InChI=1S/C12H14FNO3/c13-9-1-2-10(11(16)5-9)12(17)14-4-3-8(6-14)7-15/h1-2,5,8,15-16H,3-4,6-7H2. The molecule has 0 saturated carbocycles. The maximum absolute atomic E-state index is 12.8. The molecule has 1 atom stereocenters. The van der Waals surface area contributed by atoms with Crippen LogP contribution in [0.2, 0.25) is 0 Å². The Hall–Kier alpha value is -1.62. The number of phenolic OH excluding ortho intramolecular Hbond substituents is 1. The lowest BCUT2D eigenvalue weighted by Gasteiger charge is -2.16. The summed E-state index contributed by atoms with van der Waals surface area (Å²) < 4.78 is 12.8. The molecule has 1 aliphatic rings. The van der Waals surface area contributed by atoms with Crippen molar-refractivity contribution in [2.75, 3.05) is 19.7 Å². The topological polar surface area (TPSA) is 60.8 Å². The first-order valence-electron chi connectivity index (χ1n) is 5.50. The van der Waals surface area contributed by atoms with E-state index in [0.29, 0.717) is 13.1 Å². The Bertz CT molecular complexity index is 436. The van der Waals surface area contributed by atoms with Crippen molar-refractivity contribution in [1.82, 2.24) is 4.90 Å². The summed E-state index contributed by atoms with van der Waals surface area (Å²) in [7, 11) is 0. The third-order valence-corrected chi connectivity index (χ3v) is 3.02. The number of phenols is 1. The molecular formula is C12H14FNO3. The molecule has 1 aromatic rings. The zero-order valence-corrected chi connectivity index (χ0v) is 9.27. The molecule has 0 aliphatic carbocycles. The number of carbonyl (C=O) groups is 1. The van der Waals surface area contributed by atoms with E-state index >= 15 is 0 Å². The molecule has 0 aromatic heterocycles. The second-order valence-electron chi connectivity index (χ2n) is 4.25. The van der Waals surface area contributed by atoms with E-state index in [4.69, 9.17) is 5.11 Å². The molecule has 1 fully saturated rings. The van der Waals surface area contributed by atoms with Crippen LogP contribution in [0.4, 0.5) is 4.39 Å². The van der Waals surface area contributed by atoms with E-state index in [1.54, 1.807) is 4.90 Å². The summed E-state index contributed by atoms with van der Waals surface area (Å²) in [6.07, 6.45) is 0.754. The Morgan fingerprint density at radius 3 is 2.88 bits per heavy atom. The Labute approximate surface area is 98.3 Å². The van der Waals surface area contributed by atoms with Crippen LogP contribution in [-0.2, 0) is 0 Å². The fourth-order valence-corrected chi connectivity index (χ4v) is 2.02. The van der Waals surface area contributed by atoms with Crippen LogP contribution in [0.15, 0.2) is 18.2 Å². The van der Waals surface area contributed by atoms with Crippen LogP contribution in [0, 0.1) is 11.7 Å². The third kappa shape index (κ3) is 2.39. The smallest absolute Gasteiger partial charge is 0.257 e. The molecule has 1 aliphatic heterocycles. The highest BCUT2D eigenvalue weighted by Crippen LogP contribution is 2.23. The van der Waals surface area contributed by atoms with Gasteiger partial charge in [-0.25, -0.2) is 4.39 Å². The number of hydrogen-bond acceptors (Lipinski definition) is 3. The van der Waals surface area contributed by atoms with Gasteiger partial charge in [-0.3, -0.25) is 4.79 Å². The zero-order valence-electron chi connectivity index (χ0n) is 9.27. The molecule has 1 amide bonds. The zero-order chi connectivity index (χ0) is 12.4. The molecule has 0 radical (unpaired) electrons.